The monoisotopic (exact) mass is 299 g/mol. The van der Waals surface area contributed by atoms with Gasteiger partial charge in [-0.3, -0.25) is 0 Å². The van der Waals surface area contributed by atoms with E-state index < -0.39 is 0 Å². The lowest BCUT2D eigenvalue weighted by Crippen LogP contribution is -2.26. The van der Waals surface area contributed by atoms with Crippen LogP contribution in [0.25, 0.3) is 0 Å². The van der Waals surface area contributed by atoms with Crippen molar-refractivity contribution in [1.29, 1.82) is 0 Å². The van der Waals surface area contributed by atoms with Crippen LogP contribution in [0.15, 0.2) is 16.6 Å². The lowest BCUT2D eigenvalue weighted by atomic mass is 10.1. The molecule has 1 atom stereocenters. The molecule has 0 radical (unpaired) electrons. The van der Waals surface area contributed by atoms with Gasteiger partial charge in [0.15, 0.2) is 0 Å². The molecule has 1 aromatic rings. The molecule has 0 spiro atoms. The van der Waals surface area contributed by atoms with Crippen molar-refractivity contribution in [1.82, 2.24) is 0 Å². The second-order valence-corrected chi connectivity index (χ2v) is 6.50. The Morgan fingerprint density at radius 2 is 2.19 bits per heavy atom. The molecule has 1 N–H and O–H groups in total. The van der Waals surface area contributed by atoms with Crippen LogP contribution >= 0.6 is 27.7 Å². The van der Waals surface area contributed by atoms with Gasteiger partial charge in [0, 0.05) is 16.3 Å². The van der Waals surface area contributed by atoms with Crippen molar-refractivity contribution in [3.63, 3.8) is 0 Å². The molecule has 0 aliphatic carbocycles. The molecule has 88 valence electrons. The largest absolute Gasteiger partial charge is 0.380 e. The number of hydrogen-bond donors (Lipinski definition) is 1. The fourth-order valence-corrected chi connectivity index (χ4v) is 4.02. The number of hydrogen-bond acceptors (Lipinski definition) is 2. The third kappa shape index (κ3) is 2.95. The Balaban J connectivity index is 2.14. The molecular formula is C13H18BrNS. The van der Waals surface area contributed by atoms with Gasteiger partial charge in [0.2, 0.25) is 0 Å². The van der Waals surface area contributed by atoms with Crippen molar-refractivity contribution in [2.45, 2.75) is 32.7 Å². The van der Waals surface area contributed by atoms with Gasteiger partial charge in [0.05, 0.1) is 5.69 Å². The summed E-state index contributed by atoms with van der Waals surface area (Å²) in [6, 6.07) is 5.06. The van der Waals surface area contributed by atoms with Crippen molar-refractivity contribution in [3.8, 4) is 0 Å². The zero-order valence-electron chi connectivity index (χ0n) is 9.85. The molecule has 1 fully saturated rings. The van der Waals surface area contributed by atoms with Crippen molar-refractivity contribution in [2.75, 3.05) is 16.8 Å². The number of rotatable bonds is 2. The van der Waals surface area contributed by atoms with Crippen LogP contribution in [-0.2, 0) is 0 Å². The fourth-order valence-electron chi connectivity index (χ4n) is 2.16. The Morgan fingerprint density at radius 3 is 2.81 bits per heavy atom. The summed E-state index contributed by atoms with van der Waals surface area (Å²) >= 11 is 5.71. The van der Waals surface area contributed by atoms with Gasteiger partial charge in [0.1, 0.15) is 0 Å². The Labute approximate surface area is 111 Å². The highest BCUT2D eigenvalue weighted by atomic mass is 79.9. The van der Waals surface area contributed by atoms with E-state index in [9.17, 15) is 0 Å². The number of thioether (sulfide) groups is 1. The quantitative estimate of drug-likeness (QED) is 0.870. The summed E-state index contributed by atoms with van der Waals surface area (Å²) in [6.07, 6.45) is 2.64. The van der Waals surface area contributed by atoms with Crippen molar-refractivity contribution in [2.24, 2.45) is 0 Å². The van der Waals surface area contributed by atoms with Crippen LogP contribution in [-0.4, -0.2) is 17.5 Å². The van der Waals surface area contributed by atoms with Crippen LogP contribution in [0.1, 0.15) is 24.0 Å². The van der Waals surface area contributed by atoms with Gasteiger partial charge in [-0.05, 0) is 65.6 Å². The summed E-state index contributed by atoms with van der Waals surface area (Å²) in [6.45, 7) is 4.31. The minimum atomic E-state index is 0.636. The molecule has 1 aliphatic rings. The third-order valence-electron chi connectivity index (χ3n) is 2.94. The summed E-state index contributed by atoms with van der Waals surface area (Å²) < 4.78 is 1.19. The number of aryl methyl sites for hydroxylation is 2. The standard InChI is InChI=1S/C13H18BrNS/c1-9-6-10(2)13(12(14)7-9)15-11-4-3-5-16-8-11/h6-7,11,15H,3-5,8H2,1-2H3. The summed E-state index contributed by atoms with van der Waals surface area (Å²) in [5, 5.41) is 3.68. The number of halogens is 1. The topological polar surface area (TPSA) is 12.0 Å². The first-order valence-corrected chi connectivity index (χ1v) is 7.72. The predicted molar refractivity (Wildman–Crippen MR) is 77.6 cm³/mol. The lowest BCUT2D eigenvalue weighted by Gasteiger charge is -2.25. The molecule has 1 heterocycles. The zero-order valence-corrected chi connectivity index (χ0v) is 12.2. The smallest absolute Gasteiger partial charge is 0.0516 e. The summed E-state index contributed by atoms with van der Waals surface area (Å²) in [7, 11) is 0. The lowest BCUT2D eigenvalue weighted by molar-refractivity contribution is 0.684. The van der Waals surface area contributed by atoms with E-state index in [0.29, 0.717) is 6.04 Å². The molecule has 0 aromatic heterocycles. The molecule has 2 rings (SSSR count). The van der Waals surface area contributed by atoms with Crippen molar-refractivity contribution < 1.29 is 0 Å². The number of anilines is 1. The highest BCUT2D eigenvalue weighted by Gasteiger charge is 2.15. The van der Waals surface area contributed by atoms with Crippen LogP contribution in [0, 0.1) is 13.8 Å². The summed E-state index contributed by atoms with van der Waals surface area (Å²) in [5.41, 5.74) is 3.92. The Morgan fingerprint density at radius 1 is 1.38 bits per heavy atom. The maximum Gasteiger partial charge on any atom is 0.0516 e. The molecule has 1 saturated heterocycles. The van der Waals surface area contributed by atoms with Crippen LogP contribution in [0.5, 0.6) is 0 Å². The minimum absolute atomic E-state index is 0.636. The molecule has 3 heteroatoms. The maximum atomic E-state index is 3.68. The minimum Gasteiger partial charge on any atom is -0.380 e. The number of benzene rings is 1. The van der Waals surface area contributed by atoms with Crippen LogP contribution in [0.3, 0.4) is 0 Å². The van der Waals surface area contributed by atoms with Gasteiger partial charge in [-0.15, -0.1) is 0 Å². The first-order valence-electron chi connectivity index (χ1n) is 5.78. The van der Waals surface area contributed by atoms with Gasteiger partial charge in [-0.2, -0.15) is 11.8 Å². The first-order chi connectivity index (χ1) is 7.66. The molecule has 0 amide bonds. The van der Waals surface area contributed by atoms with E-state index in [1.807, 2.05) is 0 Å². The molecule has 1 aromatic carbocycles. The van der Waals surface area contributed by atoms with E-state index in [-0.39, 0.29) is 0 Å². The molecule has 0 saturated carbocycles. The van der Waals surface area contributed by atoms with Crippen LogP contribution in [0.2, 0.25) is 0 Å². The highest BCUT2D eigenvalue weighted by Crippen LogP contribution is 2.30. The Kier molecular flexibility index (Phi) is 4.20. The molecule has 1 unspecified atom stereocenters. The average Bonchev–Trinajstić information content (AvgIpc) is 2.25. The zero-order chi connectivity index (χ0) is 11.5. The van der Waals surface area contributed by atoms with Crippen molar-refractivity contribution >= 4 is 33.4 Å². The first kappa shape index (κ1) is 12.3. The normalized spacial score (nSPS) is 20.8. The molecule has 16 heavy (non-hydrogen) atoms. The highest BCUT2D eigenvalue weighted by molar-refractivity contribution is 9.10. The van der Waals surface area contributed by atoms with E-state index in [2.05, 4.69) is 59.0 Å². The number of nitrogens with one attached hydrogen (secondary N) is 1. The van der Waals surface area contributed by atoms with Crippen LogP contribution < -0.4 is 5.32 Å². The second kappa shape index (κ2) is 5.46. The maximum absolute atomic E-state index is 3.68. The molecule has 1 nitrogen and oxygen atoms in total. The van der Waals surface area contributed by atoms with E-state index in [0.717, 1.165) is 0 Å². The van der Waals surface area contributed by atoms with E-state index in [1.54, 1.807) is 0 Å². The Bertz CT molecular complexity index is 349. The molecular weight excluding hydrogens is 282 g/mol. The van der Waals surface area contributed by atoms with Gasteiger partial charge in [-0.25, -0.2) is 0 Å². The summed E-state index contributed by atoms with van der Waals surface area (Å²) in [4.78, 5) is 0. The van der Waals surface area contributed by atoms with Gasteiger partial charge in [0.25, 0.3) is 0 Å². The van der Waals surface area contributed by atoms with Crippen molar-refractivity contribution in [3.05, 3.63) is 27.7 Å². The second-order valence-electron chi connectivity index (χ2n) is 4.50. The van der Waals surface area contributed by atoms with E-state index in [4.69, 9.17) is 0 Å². The van der Waals surface area contributed by atoms with Gasteiger partial charge >= 0.3 is 0 Å². The SMILES string of the molecule is Cc1cc(C)c(NC2CCCSC2)c(Br)c1. The van der Waals surface area contributed by atoms with Gasteiger partial charge < -0.3 is 5.32 Å². The van der Waals surface area contributed by atoms with Gasteiger partial charge in [-0.1, -0.05) is 6.07 Å². The third-order valence-corrected chi connectivity index (χ3v) is 4.78. The molecule has 1 aliphatic heterocycles. The van der Waals surface area contributed by atoms with E-state index >= 15 is 0 Å². The summed E-state index contributed by atoms with van der Waals surface area (Å²) in [5.74, 6) is 2.56. The van der Waals surface area contributed by atoms with E-state index in [1.165, 1.54) is 45.6 Å². The molecule has 0 bridgehead atoms. The van der Waals surface area contributed by atoms with Crippen LogP contribution in [0.4, 0.5) is 5.69 Å². The fraction of sp³-hybridized carbons (Fsp3) is 0.538. The predicted octanol–water partition coefficient (Wildman–Crippen LogP) is 4.37. The average molecular weight is 300 g/mol. The Hall–Kier alpha value is -0.150.